The van der Waals surface area contributed by atoms with E-state index in [9.17, 15) is 0 Å². The van der Waals surface area contributed by atoms with Gasteiger partial charge in [-0.3, -0.25) is 0 Å². The van der Waals surface area contributed by atoms with E-state index in [1.165, 1.54) is 49.7 Å². The van der Waals surface area contributed by atoms with Gasteiger partial charge in [0, 0.05) is 37.1 Å². The van der Waals surface area contributed by atoms with Crippen molar-refractivity contribution in [2.75, 3.05) is 13.1 Å². The van der Waals surface area contributed by atoms with Crippen LogP contribution < -0.4 is 20.6 Å². The van der Waals surface area contributed by atoms with Gasteiger partial charge >= 0.3 is 0 Å². The Hall–Kier alpha value is -1.78. The van der Waals surface area contributed by atoms with Crippen molar-refractivity contribution in [2.24, 2.45) is 11.5 Å². The minimum absolute atomic E-state index is 0.813. The van der Waals surface area contributed by atoms with Crippen LogP contribution in [0.2, 0.25) is 0 Å². The second-order valence-corrected chi connectivity index (χ2v) is 7.06. The predicted octanol–water partition coefficient (Wildman–Crippen LogP) is 2.97. The minimum atomic E-state index is 0.813. The molecule has 0 fully saturated rings. The number of unbranched alkanes of at least 4 members (excludes halogenated alkanes) is 6. The number of hydrogen-bond donors (Lipinski definition) is 2. The maximum Gasteiger partial charge on any atom is 0.169 e. The van der Waals surface area contributed by atoms with Gasteiger partial charge in [-0.1, -0.05) is 12.8 Å². The van der Waals surface area contributed by atoms with E-state index in [4.69, 9.17) is 11.5 Å². The highest BCUT2D eigenvalue weighted by molar-refractivity contribution is 5.60. The van der Waals surface area contributed by atoms with Crippen molar-refractivity contribution < 1.29 is 9.13 Å². The molecule has 0 atom stereocenters. The van der Waals surface area contributed by atoms with Crippen molar-refractivity contribution in [3.05, 3.63) is 49.1 Å². The molecule has 0 spiro atoms. The molecule has 142 valence electrons. The zero-order valence-corrected chi connectivity index (χ0v) is 16.2. The van der Waals surface area contributed by atoms with Gasteiger partial charge in [0.15, 0.2) is 24.8 Å². The highest BCUT2D eigenvalue weighted by Crippen LogP contribution is 2.15. The molecular formula is C22H36N4+2. The summed E-state index contributed by atoms with van der Waals surface area (Å²) in [7, 11) is 0. The Morgan fingerprint density at radius 2 is 0.846 bits per heavy atom. The predicted molar refractivity (Wildman–Crippen MR) is 107 cm³/mol. The number of rotatable bonds is 13. The molecule has 0 amide bonds. The second kappa shape index (κ2) is 12.6. The van der Waals surface area contributed by atoms with Crippen LogP contribution in [-0.4, -0.2) is 13.1 Å². The van der Waals surface area contributed by atoms with Gasteiger partial charge in [0.25, 0.3) is 0 Å². The van der Waals surface area contributed by atoms with Crippen LogP contribution in [0.3, 0.4) is 0 Å². The summed E-state index contributed by atoms with van der Waals surface area (Å²) in [6.45, 7) is 3.80. The van der Waals surface area contributed by atoms with E-state index in [1.54, 1.807) is 0 Å². The number of nitrogens with zero attached hydrogens (tertiary/aromatic N) is 2. The fourth-order valence-electron chi connectivity index (χ4n) is 3.18. The molecule has 0 aliphatic heterocycles. The Labute approximate surface area is 158 Å². The molecule has 0 radical (unpaired) electrons. The fraction of sp³-hybridized carbons (Fsp3) is 0.545. The second-order valence-electron chi connectivity index (χ2n) is 7.06. The largest absolute Gasteiger partial charge is 0.330 e. The maximum absolute atomic E-state index is 5.53. The van der Waals surface area contributed by atoms with Crippen molar-refractivity contribution in [1.29, 1.82) is 0 Å². The average Bonchev–Trinajstić information content (AvgIpc) is 2.69. The normalized spacial score (nSPS) is 11.0. The van der Waals surface area contributed by atoms with E-state index >= 15 is 0 Å². The van der Waals surface area contributed by atoms with Gasteiger partial charge in [-0.2, -0.15) is 0 Å². The van der Waals surface area contributed by atoms with Crippen LogP contribution in [0.25, 0.3) is 11.1 Å². The van der Waals surface area contributed by atoms with E-state index in [0.717, 1.165) is 39.0 Å². The number of aromatic nitrogens is 2. The molecule has 0 aromatic carbocycles. The molecule has 0 saturated carbocycles. The minimum Gasteiger partial charge on any atom is -0.330 e. The van der Waals surface area contributed by atoms with E-state index in [1.807, 2.05) is 0 Å². The SMILES string of the molecule is NCCCCCC[n+]1ccc(-c2cc[n+](CCCCCCN)cc2)cc1. The zero-order chi connectivity index (χ0) is 18.5. The molecule has 0 aliphatic carbocycles. The van der Waals surface area contributed by atoms with Gasteiger partial charge in [-0.15, -0.1) is 0 Å². The molecule has 2 aromatic heterocycles. The van der Waals surface area contributed by atoms with E-state index in [-0.39, 0.29) is 0 Å². The van der Waals surface area contributed by atoms with Crippen molar-refractivity contribution >= 4 is 0 Å². The third kappa shape index (κ3) is 7.63. The number of nitrogens with two attached hydrogens (primary N) is 2. The van der Waals surface area contributed by atoms with Crippen LogP contribution in [0.5, 0.6) is 0 Å². The molecule has 2 aromatic rings. The number of aryl methyl sites for hydroxylation is 2. The van der Waals surface area contributed by atoms with Crippen molar-refractivity contribution in [2.45, 2.75) is 64.5 Å². The third-order valence-corrected chi connectivity index (χ3v) is 4.86. The van der Waals surface area contributed by atoms with Gasteiger partial charge in [0.1, 0.15) is 13.1 Å². The van der Waals surface area contributed by atoms with Crippen molar-refractivity contribution in [3.63, 3.8) is 0 Å². The van der Waals surface area contributed by atoms with Gasteiger partial charge in [-0.25, -0.2) is 9.13 Å². The topological polar surface area (TPSA) is 59.8 Å². The van der Waals surface area contributed by atoms with E-state index in [2.05, 4.69) is 58.2 Å². The number of hydrogen-bond acceptors (Lipinski definition) is 2. The Kier molecular flexibility index (Phi) is 9.91. The summed E-state index contributed by atoms with van der Waals surface area (Å²) >= 11 is 0. The van der Waals surface area contributed by atoms with Gasteiger partial charge in [0.05, 0.1) is 0 Å². The van der Waals surface area contributed by atoms with Crippen LogP contribution in [0.15, 0.2) is 49.1 Å². The maximum atomic E-state index is 5.53. The summed E-state index contributed by atoms with van der Waals surface area (Å²) in [6, 6.07) is 8.86. The van der Waals surface area contributed by atoms with Crippen LogP contribution in [0.1, 0.15) is 51.4 Å². The number of pyridine rings is 2. The summed E-state index contributed by atoms with van der Waals surface area (Å²) in [5.74, 6) is 0. The van der Waals surface area contributed by atoms with Crippen molar-refractivity contribution in [1.82, 2.24) is 0 Å². The smallest absolute Gasteiger partial charge is 0.169 e. The quantitative estimate of drug-likeness (QED) is 0.428. The Morgan fingerprint density at radius 3 is 1.19 bits per heavy atom. The Morgan fingerprint density at radius 1 is 0.500 bits per heavy atom. The Bertz CT molecular complexity index is 537. The first-order valence-electron chi connectivity index (χ1n) is 10.2. The summed E-state index contributed by atoms with van der Waals surface area (Å²) in [5, 5.41) is 0. The summed E-state index contributed by atoms with van der Waals surface area (Å²) in [5.41, 5.74) is 13.6. The molecule has 0 saturated heterocycles. The summed E-state index contributed by atoms with van der Waals surface area (Å²) in [4.78, 5) is 0. The molecule has 0 bridgehead atoms. The van der Waals surface area contributed by atoms with Crippen LogP contribution in [0, 0.1) is 0 Å². The zero-order valence-electron chi connectivity index (χ0n) is 16.2. The van der Waals surface area contributed by atoms with Gasteiger partial charge in [0.2, 0.25) is 0 Å². The van der Waals surface area contributed by atoms with Crippen molar-refractivity contribution in [3.8, 4) is 11.1 Å². The summed E-state index contributed by atoms with van der Waals surface area (Å²) < 4.78 is 4.55. The molecule has 2 rings (SSSR count). The lowest BCUT2D eigenvalue weighted by atomic mass is 10.1. The molecule has 4 N–H and O–H groups in total. The molecule has 4 heteroatoms. The highest BCUT2D eigenvalue weighted by Gasteiger charge is 2.06. The lowest BCUT2D eigenvalue weighted by Gasteiger charge is -2.02. The molecule has 4 nitrogen and oxygen atoms in total. The lowest BCUT2D eigenvalue weighted by molar-refractivity contribution is -0.697. The molecular weight excluding hydrogens is 320 g/mol. The third-order valence-electron chi connectivity index (χ3n) is 4.86. The van der Waals surface area contributed by atoms with E-state index in [0.29, 0.717) is 0 Å². The van der Waals surface area contributed by atoms with Gasteiger partial charge < -0.3 is 11.5 Å². The fourth-order valence-corrected chi connectivity index (χ4v) is 3.18. The average molecular weight is 357 g/mol. The monoisotopic (exact) mass is 356 g/mol. The Balaban J connectivity index is 1.77. The van der Waals surface area contributed by atoms with Gasteiger partial charge in [-0.05, 0) is 49.9 Å². The first-order valence-corrected chi connectivity index (χ1v) is 10.2. The first-order chi connectivity index (χ1) is 12.8. The molecule has 2 heterocycles. The molecule has 26 heavy (non-hydrogen) atoms. The van der Waals surface area contributed by atoms with Crippen LogP contribution in [-0.2, 0) is 13.1 Å². The van der Waals surface area contributed by atoms with Crippen LogP contribution >= 0.6 is 0 Å². The lowest BCUT2D eigenvalue weighted by Crippen LogP contribution is -2.33. The standard InChI is InChI=1S/C22H36N4/c23-13-5-1-3-7-15-25-17-9-21(10-18-25)22-11-19-26(20-12-22)16-8-4-2-6-14-24/h9-12,17-20H,1-8,13-16,23-24H2/q+2. The summed E-state index contributed by atoms with van der Waals surface area (Å²) in [6.07, 6.45) is 18.5. The van der Waals surface area contributed by atoms with Crippen LogP contribution in [0.4, 0.5) is 0 Å². The van der Waals surface area contributed by atoms with E-state index < -0.39 is 0 Å². The molecule has 0 unspecified atom stereocenters. The highest BCUT2D eigenvalue weighted by atomic mass is 14.9. The molecule has 0 aliphatic rings. The first kappa shape index (κ1) is 20.5.